The van der Waals surface area contributed by atoms with Crippen LogP contribution in [0.1, 0.15) is 35.6 Å². The molecule has 2 unspecified atom stereocenters. The molecule has 1 fully saturated rings. The molecule has 1 aliphatic rings. The first-order valence-electron chi connectivity index (χ1n) is 6.78. The Morgan fingerprint density at radius 3 is 2.33 bits per heavy atom. The van der Waals surface area contributed by atoms with Crippen molar-refractivity contribution in [3.05, 3.63) is 34.4 Å². The lowest BCUT2D eigenvalue weighted by atomic mass is 9.75. The number of benzene rings is 1. The number of ether oxygens (including phenoxy) is 1. The molecule has 1 N–H and O–H groups in total. The molecule has 0 saturated carbocycles. The van der Waals surface area contributed by atoms with E-state index < -0.39 is 0 Å². The van der Waals surface area contributed by atoms with Gasteiger partial charge >= 0.3 is 0 Å². The molecule has 0 aliphatic carbocycles. The van der Waals surface area contributed by atoms with E-state index in [2.05, 4.69) is 39.8 Å². The summed E-state index contributed by atoms with van der Waals surface area (Å²) in [4.78, 5) is 0. The highest BCUT2D eigenvalue weighted by Crippen LogP contribution is 2.39. The van der Waals surface area contributed by atoms with Gasteiger partial charge in [0.25, 0.3) is 0 Å². The SMILES string of the molecule is Cc1cc(C)c(CC2(CO)CCOC2C)c(C)c1. The number of rotatable bonds is 3. The second kappa shape index (κ2) is 5.02. The van der Waals surface area contributed by atoms with Crippen LogP contribution in [0.25, 0.3) is 0 Å². The van der Waals surface area contributed by atoms with Crippen molar-refractivity contribution in [2.75, 3.05) is 13.2 Å². The third kappa shape index (κ3) is 2.32. The second-order valence-electron chi connectivity index (χ2n) is 5.84. The van der Waals surface area contributed by atoms with Crippen molar-refractivity contribution in [2.45, 2.75) is 46.6 Å². The average Bonchev–Trinajstić information content (AvgIpc) is 2.66. The first kappa shape index (κ1) is 13.6. The maximum Gasteiger partial charge on any atom is 0.0629 e. The number of hydrogen-bond acceptors (Lipinski definition) is 2. The smallest absolute Gasteiger partial charge is 0.0629 e. The van der Waals surface area contributed by atoms with Gasteiger partial charge in [-0.15, -0.1) is 0 Å². The van der Waals surface area contributed by atoms with Crippen LogP contribution >= 0.6 is 0 Å². The molecule has 0 bridgehead atoms. The highest BCUT2D eigenvalue weighted by molar-refractivity contribution is 5.38. The molecule has 1 aliphatic heterocycles. The molecule has 2 atom stereocenters. The van der Waals surface area contributed by atoms with Crippen LogP contribution < -0.4 is 0 Å². The number of aliphatic hydroxyl groups excluding tert-OH is 1. The van der Waals surface area contributed by atoms with Crippen LogP contribution in [0.5, 0.6) is 0 Å². The summed E-state index contributed by atoms with van der Waals surface area (Å²) in [6.07, 6.45) is 2.02. The summed E-state index contributed by atoms with van der Waals surface area (Å²) in [6, 6.07) is 4.46. The van der Waals surface area contributed by atoms with Crippen molar-refractivity contribution in [3.63, 3.8) is 0 Å². The normalized spacial score (nSPS) is 27.7. The third-order valence-corrected chi connectivity index (χ3v) is 4.51. The third-order valence-electron chi connectivity index (χ3n) is 4.51. The monoisotopic (exact) mass is 248 g/mol. The molecule has 2 rings (SSSR count). The fourth-order valence-corrected chi connectivity index (χ4v) is 3.16. The summed E-state index contributed by atoms with van der Waals surface area (Å²) in [7, 11) is 0. The van der Waals surface area contributed by atoms with Crippen molar-refractivity contribution in [2.24, 2.45) is 5.41 Å². The lowest BCUT2D eigenvalue weighted by Gasteiger charge is -2.31. The Morgan fingerprint density at radius 2 is 1.89 bits per heavy atom. The molecule has 0 amide bonds. The van der Waals surface area contributed by atoms with Gasteiger partial charge in [0.2, 0.25) is 0 Å². The van der Waals surface area contributed by atoms with Crippen LogP contribution in [0.2, 0.25) is 0 Å². The molecule has 1 aromatic rings. The minimum Gasteiger partial charge on any atom is -0.396 e. The first-order chi connectivity index (χ1) is 8.48. The van der Waals surface area contributed by atoms with Gasteiger partial charge in [-0.2, -0.15) is 0 Å². The maximum atomic E-state index is 9.80. The van der Waals surface area contributed by atoms with E-state index in [1.807, 2.05) is 0 Å². The fraction of sp³-hybridized carbons (Fsp3) is 0.625. The Morgan fingerprint density at radius 1 is 1.28 bits per heavy atom. The summed E-state index contributed by atoms with van der Waals surface area (Å²) in [5.74, 6) is 0. The second-order valence-corrected chi connectivity index (χ2v) is 5.84. The van der Waals surface area contributed by atoms with Crippen LogP contribution in [0.4, 0.5) is 0 Å². The fourth-order valence-electron chi connectivity index (χ4n) is 3.16. The zero-order valence-electron chi connectivity index (χ0n) is 11.9. The Kier molecular flexibility index (Phi) is 3.79. The van der Waals surface area contributed by atoms with Gasteiger partial charge in [0.15, 0.2) is 0 Å². The Labute approximate surface area is 110 Å². The van der Waals surface area contributed by atoms with Crippen molar-refractivity contribution >= 4 is 0 Å². The minimum absolute atomic E-state index is 0.0925. The van der Waals surface area contributed by atoms with Gasteiger partial charge in [0, 0.05) is 12.0 Å². The summed E-state index contributed by atoms with van der Waals surface area (Å²) in [6.45, 7) is 9.53. The number of aryl methyl sites for hydroxylation is 3. The summed E-state index contributed by atoms with van der Waals surface area (Å²) in [5.41, 5.74) is 5.26. The van der Waals surface area contributed by atoms with Gasteiger partial charge in [-0.05, 0) is 57.2 Å². The molecule has 18 heavy (non-hydrogen) atoms. The Bertz CT molecular complexity index is 416. The van der Waals surface area contributed by atoms with E-state index in [1.54, 1.807) is 0 Å². The highest BCUT2D eigenvalue weighted by atomic mass is 16.5. The molecule has 0 aromatic heterocycles. The molecule has 2 nitrogen and oxygen atoms in total. The molecule has 1 saturated heterocycles. The highest BCUT2D eigenvalue weighted by Gasteiger charge is 2.41. The van der Waals surface area contributed by atoms with Crippen LogP contribution in [-0.4, -0.2) is 24.4 Å². The van der Waals surface area contributed by atoms with Crippen LogP contribution in [0.3, 0.4) is 0 Å². The van der Waals surface area contributed by atoms with E-state index in [1.165, 1.54) is 22.3 Å². The van der Waals surface area contributed by atoms with Crippen molar-refractivity contribution in [1.82, 2.24) is 0 Å². The molecule has 1 heterocycles. The number of aliphatic hydroxyl groups is 1. The lowest BCUT2D eigenvalue weighted by molar-refractivity contribution is 0.0270. The van der Waals surface area contributed by atoms with Gasteiger partial charge in [0.05, 0.1) is 12.7 Å². The van der Waals surface area contributed by atoms with E-state index in [4.69, 9.17) is 4.74 Å². The quantitative estimate of drug-likeness (QED) is 0.891. The molecular weight excluding hydrogens is 224 g/mol. The molecule has 0 spiro atoms. The minimum atomic E-state index is -0.0925. The van der Waals surface area contributed by atoms with Crippen LogP contribution in [0, 0.1) is 26.2 Å². The van der Waals surface area contributed by atoms with Gasteiger partial charge in [-0.3, -0.25) is 0 Å². The number of hydrogen-bond donors (Lipinski definition) is 1. The van der Waals surface area contributed by atoms with E-state index in [0.29, 0.717) is 0 Å². The van der Waals surface area contributed by atoms with Crippen molar-refractivity contribution in [3.8, 4) is 0 Å². The zero-order chi connectivity index (χ0) is 13.3. The standard InChI is InChI=1S/C16H24O2/c1-11-7-12(2)15(13(3)8-11)9-16(10-17)5-6-18-14(16)4/h7-8,14,17H,5-6,9-10H2,1-4H3. The molecule has 2 heteroatoms. The van der Waals surface area contributed by atoms with E-state index >= 15 is 0 Å². The van der Waals surface area contributed by atoms with Gasteiger partial charge in [-0.1, -0.05) is 17.7 Å². The predicted octanol–water partition coefficient (Wildman–Crippen LogP) is 2.94. The van der Waals surface area contributed by atoms with Crippen LogP contribution in [-0.2, 0) is 11.2 Å². The topological polar surface area (TPSA) is 29.5 Å². The Balaban J connectivity index is 2.33. The molecule has 1 aromatic carbocycles. The van der Waals surface area contributed by atoms with Crippen molar-refractivity contribution < 1.29 is 9.84 Å². The van der Waals surface area contributed by atoms with E-state index in [9.17, 15) is 5.11 Å². The first-order valence-corrected chi connectivity index (χ1v) is 6.78. The average molecular weight is 248 g/mol. The Hall–Kier alpha value is -0.860. The molecule has 100 valence electrons. The van der Waals surface area contributed by atoms with Gasteiger partial charge < -0.3 is 9.84 Å². The molecule has 0 radical (unpaired) electrons. The van der Waals surface area contributed by atoms with E-state index in [0.717, 1.165) is 19.4 Å². The largest absolute Gasteiger partial charge is 0.396 e. The predicted molar refractivity (Wildman–Crippen MR) is 73.9 cm³/mol. The lowest BCUT2D eigenvalue weighted by Crippen LogP contribution is -2.35. The van der Waals surface area contributed by atoms with Gasteiger partial charge in [0.1, 0.15) is 0 Å². The van der Waals surface area contributed by atoms with Gasteiger partial charge in [-0.25, -0.2) is 0 Å². The van der Waals surface area contributed by atoms with E-state index in [-0.39, 0.29) is 18.1 Å². The summed E-state index contributed by atoms with van der Waals surface area (Å²) in [5, 5.41) is 9.80. The zero-order valence-corrected chi connectivity index (χ0v) is 11.9. The van der Waals surface area contributed by atoms with Crippen molar-refractivity contribution in [1.29, 1.82) is 0 Å². The molecular formula is C16H24O2. The summed E-state index contributed by atoms with van der Waals surface area (Å²) >= 11 is 0. The maximum absolute atomic E-state index is 9.80. The van der Waals surface area contributed by atoms with Crippen LogP contribution in [0.15, 0.2) is 12.1 Å². The summed E-state index contributed by atoms with van der Waals surface area (Å²) < 4.78 is 5.68.